The average Bonchev–Trinajstić information content (AvgIpc) is 2.32. The van der Waals surface area contributed by atoms with Crippen molar-refractivity contribution in [3.8, 4) is 5.75 Å². The fourth-order valence-electron chi connectivity index (χ4n) is 1.24. The maximum Gasteiger partial charge on any atom is 0.460 e. The zero-order valence-electron chi connectivity index (χ0n) is 9.10. The zero-order valence-corrected chi connectivity index (χ0v) is 9.10. The van der Waals surface area contributed by atoms with Crippen LogP contribution >= 0.6 is 0 Å². The van der Waals surface area contributed by atoms with E-state index in [-0.39, 0.29) is 0 Å². The van der Waals surface area contributed by atoms with Crippen molar-refractivity contribution >= 4 is 0 Å². The average molecular weight is 334 g/mol. The Kier molecular flexibility index (Phi) is 3.81. The van der Waals surface area contributed by atoms with E-state index in [1.165, 1.54) is 0 Å². The first kappa shape index (κ1) is 17.3. The van der Waals surface area contributed by atoms with Crippen LogP contribution < -0.4 is 0 Å². The molecule has 1 aromatic rings. The third-order valence-corrected chi connectivity index (χ3v) is 2.31. The van der Waals surface area contributed by atoms with Crippen LogP contribution in [0.1, 0.15) is 5.56 Å². The topological polar surface area (TPSA) is 20.2 Å². The summed E-state index contributed by atoms with van der Waals surface area (Å²) in [4.78, 5) is 0. The Morgan fingerprint density at radius 2 is 1.00 bits per heavy atom. The fourth-order valence-corrected chi connectivity index (χ4v) is 1.24. The summed E-state index contributed by atoms with van der Waals surface area (Å²) >= 11 is 0. The van der Waals surface area contributed by atoms with Crippen LogP contribution in [0.25, 0.3) is 0 Å². The van der Waals surface area contributed by atoms with Crippen molar-refractivity contribution < 1.29 is 53.4 Å². The van der Waals surface area contributed by atoms with E-state index >= 15 is 0 Å². The second-order valence-corrected chi connectivity index (χ2v) is 3.63. The van der Waals surface area contributed by atoms with Crippen LogP contribution in [0.4, 0.5) is 48.3 Å². The Hall–Kier alpha value is -1.75. The van der Waals surface area contributed by atoms with Gasteiger partial charge in [-0.05, 0) is 0 Å². The van der Waals surface area contributed by atoms with Crippen LogP contribution in [-0.4, -0.2) is 17.2 Å². The number of hydrogen-bond donors (Lipinski definition) is 1. The molecule has 0 radical (unpaired) electrons. The molecular weight excluding hydrogens is 333 g/mol. The molecule has 120 valence electrons. The largest absolute Gasteiger partial charge is 0.504 e. The van der Waals surface area contributed by atoms with Gasteiger partial charge in [0, 0.05) is 0 Å². The predicted molar refractivity (Wildman–Crippen MR) is 42.8 cm³/mol. The van der Waals surface area contributed by atoms with E-state index in [0.717, 1.165) is 0 Å². The van der Waals surface area contributed by atoms with Crippen LogP contribution in [0.3, 0.4) is 0 Å². The van der Waals surface area contributed by atoms with Crippen LogP contribution in [0.15, 0.2) is 0 Å². The molecule has 1 rings (SSSR count). The molecule has 0 saturated heterocycles. The number of halogens is 11. The molecule has 21 heavy (non-hydrogen) atoms. The number of rotatable bonds is 2. The quantitative estimate of drug-likeness (QED) is 0.487. The molecule has 0 spiro atoms. The molecule has 0 bridgehead atoms. The van der Waals surface area contributed by atoms with E-state index in [9.17, 15) is 48.3 Å². The van der Waals surface area contributed by atoms with Crippen molar-refractivity contribution in [2.24, 2.45) is 0 Å². The van der Waals surface area contributed by atoms with Crippen molar-refractivity contribution in [3.05, 3.63) is 28.8 Å². The summed E-state index contributed by atoms with van der Waals surface area (Å²) in [5, 5.41) is 8.65. The molecular formula is C9HF11O. The molecule has 1 N–H and O–H groups in total. The zero-order chi connectivity index (χ0) is 17.0. The Morgan fingerprint density at radius 3 is 1.38 bits per heavy atom. The van der Waals surface area contributed by atoms with Crippen LogP contribution in [0, 0.1) is 23.3 Å². The SMILES string of the molecule is Oc1c(F)c(F)c(F)c(F)c1C(F)(F)C(F)(F)C(F)(F)F. The lowest BCUT2D eigenvalue weighted by atomic mass is 9.99. The minimum Gasteiger partial charge on any atom is -0.504 e. The van der Waals surface area contributed by atoms with E-state index in [1.54, 1.807) is 0 Å². The number of phenols is 1. The van der Waals surface area contributed by atoms with Gasteiger partial charge in [-0.2, -0.15) is 35.1 Å². The fraction of sp³-hybridized carbons (Fsp3) is 0.333. The summed E-state index contributed by atoms with van der Waals surface area (Å²) in [5.41, 5.74) is -3.35. The molecule has 0 amide bonds. The lowest BCUT2D eigenvalue weighted by Gasteiger charge is -2.29. The van der Waals surface area contributed by atoms with Gasteiger partial charge in [-0.3, -0.25) is 0 Å². The second-order valence-electron chi connectivity index (χ2n) is 3.63. The van der Waals surface area contributed by atoms with Crippen molar-refractivity contribution in [2.75, 3.05) is 0 Å². The number of aromatic hydroxyl groups is 1. The Balaban J connectivity index is 3.76. The van der Waals surface area contributed by atoms with Crippen LogP contribution in [0.2, 0.25) is 0 Å². The molecule has 0 aliphatic carbocycles. The van der Waals surface area contributed by atoms with Gasteiger partial charge in [-0.25, -0.2) is 13.2 Å². The Labute approximate surface area is 107 Å². The molecule has 0 fully saturated rings. The van der Waals surface area contributed by atoms with Crippen LogP contribution in [-0.2, 0) is 5.92 Å². The normalized spacial score (nSPS) is 13.7. The number of hydrogen-bond acceptors (Lipinski definition) is 1. The molecule has 1 aromatic carbocycles. The smallest absolute Gasteiger partial charge is 0.460 e. The third kappa shape index (κ3) is 2.25. The van der Waals surface area contributed by atoms with Gasteiger partial charge in [-0.1, -0.05) is 0 Å². The highest BCUT2D eigenvalue weighted by Crippen LogP contribution is 2.54. The molecule has 0 unspecified atom stereocenters. The standard InChI is InChI=1S/C9HF11O/c10-2-1(6(21)5(13)4(12)3(2)11)7(14,15)8(16,17)9(18,19)20/h21H. The van der Waals surface area contributed by atoms with Crippen molar-refractivity contribution in [2.45, 2.75) is 18.0 Å². The summed E-state index contributed by atoms with van der Waals surface area (Å²) in [6.45, 7) is 0. The summed E-state index contributed by atoms with van der Waals surface area (Å²) in [7, 11) is 0. The Morgan fingerprint density at radius 1 is 0.619 bits per heavy atom. The number of benzene rings is 1. The molecule has 0 saturated carbocycles. The summed E-state index contributed by atoms with van der Waals surface area (Å²) in [6, 6.07) is 0. The molecule has 0 aliphatic rings. The maximum absolute atomic E-state index is 13.1. The van der Waals surface area contributed by atoms with Gasteiger partial charge in [0.25, 0.3) is 0 Å². The van der Waals surface area contributed by atoms with Crippen molar-refractivity contribution in [1.82, 2.24) is 0 Å². The Bertz CT molecular complexity index is 545. The minimum absolute atomic E-state index is 2.86. The van der Waals surface area contributed by atoms with Gasteiger partial charge in [0.15, 0.2) is 17.4 Å². The second kappa shape index (κ2) is 4.63. The van der Waals surface area contributed by atoms with E-state index in [0.29, 0.717) is 0 Å². The van der Waals surface area contributed by atoms with E-state index in [2.05, 4.69) is 0 Å². The first-order chi connectivity index (χ1) is 9.18. The lowest BCUT2D eigenvalue weighted by molar-refractivity contribution is -0.360. The van der Waals surface area contributed by atoms with Gasteiger partial charge in [0.05, 0.1) is 0 Å². The molecule has 1 nitrogen and oxygen atoms in total. The molecule has 0 atom stereocenters. The van der Waals surface area contributed by atoms with Crippen molar-refractivity contribution in [1.29, 1.82) is 0 Å². The highest BCUT2D eigenvalue weighted by molar-refractivity contribution is 5.41. The maximum atomic E-state index is 13.1. The van der Waals surface area contributed by atoms with Gasteiger partial charge in [-0.15, -0.1) is 0 Å². The highest BCUT2D eigenvalue weighted by atomic mass is 19.4. The predicted octanol–water partition coefficient (Wildman–Crippen LogP) is 4.24. The summed E-state index contributed by atoms with van der Waals surface area (Å²) in [6.07, 6.45) is -6.95. The van der Waals surface area contributed by atoms with Crippen molar-refractivity contribution in [3.63, 3.8) is 0 Å². The minimum atomic E-state index is -6.99. The molecule has 0 heterocycles. The number of phenolic OH excluding ortho intramolecular Hbond substituents is 1. The van der Waals surface area contributed by atoms with E-state index in [4.69, 9.17) is 5.11 Å². The third-order valence-electron chi connectivity index (χ3n) is 2.31. The van der Waals surface area contributed by atoms with Gasteiger partial charge < -0.3 is 5.11 Å². The molecule has 0 aliphatic heterocycles. The van der Waals surface area contributed by atoms with E-state index in [1.807, 2.05) is 0 Å². The van der Waals surface area contributed by atoms with Gasteiger partial charge in [0.2, 0.25) is 11.6 Å². The monoisotopic (exact) mass is 334 g/mol. The highest BCUT2D eigenvalue weighted by Gasteiger charge is 2.75. The molecule has 12 heteroatoms. The summed E-state index contributed by atoms with van der Waals surface area (Å²) < 4.78 is 138. The number of alkyl halides is 7. The first-order valence-corrected chi connectivity index (χ1v) is 4.55. The van der Waals surface area contributed by atoms with E-state index < -0.39 is 52.6 Å². The summed E-state index contributed by atoms with van der Waals surface area (Å²) in [5.74, 6) is -28.7. The van der Waals surface area contributed by atoms with Gasteiger partial charge in [0.1, 0.15) is 5.56 Å². The van der Waals surface area contributed by atoms with Gasteiger partial charge >= 0.3 is 18.0 Å². The lowest BCUT2D eigenvalue weighted by Crippen LogP contribution is -2.50. The van der Waals surface area contributed by atoms with Crippen LogP contribution in [0.5, 0.6) is 5.75 Å². The first-order valence-electron chi connectivity index (χ1n) is 4.55. The molecule has 0 aromatic heterocycles.